The zero-order chi connectivity index (χ0) is 13.0. The van der Waals surface area contributed by atoms with E-state index in [2.05, 4.69) is 21.2 Å². The summed E-state index contributed by atoms with van der Waals surface area (Å²) in [5.74, 6) is -0.0205. The van der Waals surface area contributed by atoms with Gasteiger partial charge in [0.25, 0.3) is 0 Å². The second kappa shape index (κ2) is 6.34. The summed E-state index contributed by atoms with van der Waals surface area (Å²) in [7, 11) is 0. The molecule has 1 saturated carbocycles. The van der Waals surface area contributed by atoms with Crippen molar-refractivity contribution in [3.63, 3.8) is 0 Å². The molecule has 0 aliphatic heterocycles. The fraction of sp³-hybridized carbons (Fsp3) is 0.500. The Morgan fingerprint density at radius 1 is 1.33 bits per heavy atom. The summed E-state index contributed by atoms with van der Waals surface area (Å²) in [6.45, 7) is 0. The van der Waals surface area contributed by atoms with Crippen LogP contribution in [0.5, 0.6) is 0 Å². The molecule has 0 heterocycles. The molecule has 0 saturated heterocycles. The molecule has 0 bridgehead atoms. The lowest BCUT2D eigenvalue weighted by atomic mass is 9.92. The third-order valence-corrected chi connectivity index (χ3v) is 4.16. The predicted molar refractivity (Wildman–Crippen MR) is 74.3 cm³/mol. The first-order valence-electron chi connectivity index (χ1n) is 6.37. The summed E-state index contributed by atoms with van der Waals surface area (Å²) in [6, 6.07) is 7.63. The maximum absolute atomic E-state index is 11.9. The number of carbonyl (C=O) groups is 1. The quantitative estimate of drug-likeness (QED) is 0.900. The van der Waals surface area contributed by atoms with Gasteiger partial charge in [-0.1, -0.05) is 47.0 Å². The molecule has 1 aliphatic carbocycles. The van der Waals surface area contributed by atoms with Crippen LogP contribution in [0.25, 0.3) is 0 Å². The Morgan fingerprint density at radius 3 is 2.78 bits per heavy atom. The number of aliphatic hydroxyl groups excluding tert-OH is 1. The van der Waals surface area contributed by atoms with Crippen molar-refractivity contribution in [2.75, 3.05) is 0 Å². The molecule has 0 radical (unpaired) electrons. The lowest BCUT2D eigenvalue weighted by Gasteiger charge is -2.28. The van der Waals surface area contributed by atoms with Crippen LogP contribution in [0.15, 0.2) is 28.7 Å². The van der Waals surface area contributed by atoms with Crippen molar-refractivity contribution >= 4 is 21.8 Å². The molecular weight excluding hydrogens is 294 g/mol. The summed E-state index contributed by atoms with van der Waals surface area (Å²) in [6.07, 6.45) is 3.77. The molecule has 2 rings (SSSR count). The lowest BCUT2D eigenvalue weighted by Crippen LogP contribution is -2.45. The van der Waals surface area contributed by atoms with Gasteiger partial charge in [0, 0.05) is 4.47 Å². The van der Waals surface area contributed by atoms with E-state index in [0.717, 1.165) is 35.7 Å². The van der Waals surface area contributed by atoms with Crippen LogP contribution in [0.4, 0.5) is 0 Å². The Balaban J connectivity index is 1.90. The van der Waals surface area contributed by atoms with E-state index in [4.69, 9.17) is 0 Å². The zero-order valence-electron chi connectivity index (χ0n) is 10.2. The van der Waals surface area contributed by atoms with Crippen LogP contribution < -0.4 is 5.32 Å². The number of halogens is 1. The fourth-order valence-corrected chi connectivity index (χ4v) is 2.78. The van der Waals surface area contributed by atoms with Gasteiger partial charge in [-0.25, -0.2) is 0 Å². The van der Waals surface area contributed by atoms with E-state index in [0.29, 0.717) is 6.42 Å². The Kier molecular flexibility index (Phi) is 4.78. The minimum absolute atomic E-state index is 0.0205. The first-order valence-corrected chi connectivity index (χ1v) is 7.17. The number of aliphatic hydroxyl groups is 1. The third-order valence-electron chi connectivity index (χ3n) is 3.38. The van der Waals surface area contributed by atoms with Gasteiger partial charge in [0.15, 0.2) is 0 Å². The SMILES string of the molecule is O=C(Cc1ccccc1Br)NC1CCCCC1O. The number of amides is 1. The second-order valence-electron chi connectivity index (χ2n) is 4.79. The van der Waals surface area contributed by atoms with Crippen molar-refractivity contribution in [3.8, 4) is 0 Å². The normalized spacial score (nSPS) is 23.7. The van der Waals surface area contributed by atoms with Crippen molar-refractivity contribution in [1.29, 1.82) is 0 Å². The maximum atomic E-state index is 11.9. The minimum atomic E-state index is -0.387. The van der Waals surface area contributed by atoms with Gasteiger partial charge in [0.05, 0.1) is 18.6 Å². The third kappa shape index (κ3) is 3.56. The highest BCUT2D eigenvalue weighted by Gasteiger charge is 2.24. The van der Waals surface area contributed by atoms with Crippen molar-refractivity contribution in [1.82, 2.24) is 5.32 Å². The number of hydrogen-bond acceptors (Lipinski definition) is 2. The molecule has 1 aromatic carbocycles. The van der Waals surface area contributed by atoms with Crippen LogP contribution in [0, 0.1) is 0 Å². The topological polar surface area (TPSA) is 49.3 Å². The lowest BCUT2D eigenvalue weighted by molar-refractivity contribution is -0.122. The molecule has 0 spiro atoms. The summed E-state index contributed by atoms with van der Waals surface area (Å²) in [5.41, 5.74) is 0.972. The fourth-order valence-electron chi connectivity index (χ4n) is 2.35. The van der Waals surface area contributed by atoms with E-state index >= 15 is 0 Å². The highest BCUT2D eigenvalue weighted by Crippen LogP contribution is 2.19. The maximum Gasteiger partial charge on any atom is 0.224 e. The van der Waals surface area contributed by atoms with Crippen molar-refractivity contribution in [2.24, 2.45) is 0 Å². The molecule has 0 aromatic heterocycles. The average molecular weight is 312 g/mol. The molecule has 3 nitrogen and oxygen atoms in total. The highest BCUT2D eigenvalue weighted by atomic mass is 79.9. The first kappa shape index (κ1) is 13.6. The van der Waals surface area contributed by atoms with Crippen LogP contribution in [0.3, 0.4) is 0 Å². The summed E-state index contributed by atoms with van der Waals surface area (Å²) in [5, 5.41) is 12.7. The van der Waals surface area contributed by atoms with Gasteiger partial charge in [-0.05, 0) is 24.5 Å². The molecule has 2 N–H and O–H groups in total. The minimum Gasteiger partial charge on any atom is -0.391 e. The van der Waals surface area contributed by atoms with E-state index in [-0.39, 0.29) is 18.1 Å². The molecule has 1 aliphatic rings. The van der Waals surface area contributed by atoms with Crippen molar-refractivity contribution in [3.05, 3.63) is 34.3 Å². The van der Waals surface area contributed by atoms with Gasteiger partial charge in [0.2, 0.25) is 5.91 Å². The van der Waals surface area contributed by atoms with Gasteiger partial charge in [0.1, 0.15) is 0 Å². The Labute approximate surface area is 116 Å². The van der Waals surface area contributed by atoms with Crippen LogP contribution in [0.2, 0.25) is 0 Å². The van der Waals surface area contributed by atoms with Crippen LogP contribution >= 0.6 is 15.9 Å². The summed E-state index contributed by atoms with van der Waals surface area (Å²) < 4.78 is 0.948. The highest BCUT2D eigenvalue weighted by molar-refractivity contribution is 9.10. The molecule has 2 unspecified atom stereocenters. The van der Waals surface area contributed by atoms with Gasteiger partial charge < -0.3 is 10.4 Å². The monoisotopic (exact) mass is 311 g/mol. The van der Waals surface area contributed by atoms with Crippen LogP contribution in [-0.2, 0) is 11.2 Å². The van der Waals surface area contributed by atoms with E-state index in [1.54, 1.807) is 0 Å². The summed E-state index contributed by atoms with van der Waals surface area (Å²) in [4.78, 5) is 11.9. The second-order valence-corrected chi connectivity index (χ2v) is 5.65. The van der Waals surface area contributed by atoms with Gasteiger partial charge in [-0.2, -0.15) is 0 Å². The van der Waals surface area contributed by atoms with E-state index in [9.17, 15) is 9.90 Å². The standard InChI is InChI=1S/C14H18BrNO2/c15-11-6-2-1-5-10(11)9-14(18)16-12-7-3-4-8-13(12)17/h1-2,5-6,12-13,17H,3-4,7-9H2,(H,16,18). The van der Waals surface area contributed by atoms with Crippen LogP contribution in [0.1, 0.15) is 31.2 Å². The molecule has 4 heteroatoms. The number of carbonyl (C=O) groups excluding carboxylic acids is 1. The first-order chi connectivity index (χ1) is 8.66. The Morgan fingerprint density at radius 2 is 2.06 bits per heavy atom. The number of nitrogens with one attached hydrogen (secondary N) is 1. The average Bonchev–Trinajstić information content (AvgIpc) is 2.35. The molecule has 1 fully saturated rings. The van der Waals surface area contributed by atoms with E-state index in [1.165, 1.54) is 0 Å². The van der Waals surface area contributed by atoms with E-state index < -0.39 is 0 Å². The van der Waals surface area contributed by atoms with Gasteiger partial charge in [-0.15, -0.1) is 0 Å². The summed E-state index contributed by atoms with van der Waals surface area (Å²) >= 11 is 3.43. The number of rotatable bonds is 3. The number of benzene rings is 1. The van der Waals surface area contributed by atoms with Crippen molar-refractivity contribution < 1.29 is 9.90 Å². The van der Waals surface area contributed by atoms with Gasteiger partial charge >= 0.3 is 0 Å². The Bertz CT molecular complexity index is 422. The predicted octanol–water partition coefficient (Wildman–Crippen LogP) is 2.41. The Hall–Kier alpha value is -0.870. The largest absolute Gasteiger partial charge is 0.391 e. The molecule has 1 amide bonds. The van der Waals surface area contributed by atoms with Gasteiger partial charge in [-0.3, -0.25) is 4.79 Å². The number of hydrogen-bond donors (Lipinski definition) is 2. The van der Waals surface area contributed by atoms with Crippen LogP contribution in [-0.4, -0.2) is 23.2 Å². The molecule has 2 atom stereocenters. The van der Waals surface area contributed by atoms with Crippen molar-refractivity contribution in [2.45, 2.75) is 44.2 Å². The van der Waals surface area contributed by atoms with E-state index in [1.807, 2.05) is 24.3 Å². The molecule has 1 aromatic rings. The smallest absolute Gasteiger partial charge is 0.224 e. The molecular formula is C14H18BrNO2. The zero-order valence-corrected chi connectivity index (χ0v) is 11.8. The molecule has 18 heavy (non-hydrogen) atoms. The molecule has 98 valence electrons.